The van der Waals surface area contributed by atoms with Crippen LogP contribution in [0.1, 0.15) is 23.1 Å². The molecule has 5 nitrogen and oxygen atoms in total. The highest BCUT2D eigenvalue weighted by Gasteiger charge is 2.33. The molecule has 0 spiro atoms. The average molecular weight is 360 g/mol. The van der Waals surface area contributed by atoms with Gasteiger partial charge in [0.2, 0.25) is 0 Å². The van der Waals surface area contributed by atoms with Crippen LogP contribution >= 0.6 is 0 Å². The fourth-order valence-electron chi connectivity index (χ4n) is 3.09. The minimum absolute atomic E-state index is 0.365. The second kappa shape index (κ2) is 7.56. The number of hydrogen-bond donors (Lipinski definition) is 0. The van der Waals surface area contributed by atoms with Gasteiger partial charge in [-0.3, -0.25) is 0 Å². The van der Waals surface area contributed by atoms with Crippen molar-refractivity contribution in [2.24, 2.45) is 0 Å². The zero-order chi connectivity index (χ0) is 17.9. The quantitative estimate of drug-likeness (QED) is 0.824. The standard InChI is InChI=1S/C19H24N2O3S/c1-16-7-3-4-9-18(16)15-21-12-6-11-20(25(21,22)23)14-17-8-5-10-19(13-17)24-2/h3-5,7-10,13H,6,11-12,14-15H2,1-2H3. The molecule has 0 amide bonds. The molecule has 0 N–H and O–H groups in total. The van der Waals surface area contributed by atoms with Gasteiger partial charge >= 0.3 is 0 Å². The van der Waals surface area contributed by atoms with Crippen molar-refractivity contribution in [3.8, 4) is 5.75 Å². The van der Waals surface area contributed by atoms with Gasteiger partial charge in [0.1, 0.15) is 5.75 Å². The van der Waals surface area contributed by atoms with Crippen molar-refractivity contribution in [2.75, 3.05) is 20.2 Å². The summed E-state index contributed by atoms with van der Waals surface area (Å²) in [5.74, 6) is 0.740. The molecule has 2 aromatic carbocycles. The van der Waals surface area contributed by atoms with Crippen molar-refractivity contribution in [3.63, 3.8) is 0 Å². The molecule has 0 unspecified atom stereocenters. The van der Waals surface area contributed by atoms with E-state index in [9.17, 15) is 8.42 Å². The van der Waals surface area contributed by atoms with E-state index in [0.717, 1.165) is 28.9 Å². The second-order valence-corrected chi connectivity index (χ2v) is 8.23. The third-order valence-electron chi connectivity index (χ3n) is 4.57. The van der Waals surface area contributed by atoms with E-state index in [-0.39, 0.29) is 0 Å². The SMILES string of the molecule is COc1cccc(CN2CCCN(Cc3ccccc3C)S2(=O)=O)c1. The third-order valence-corrected chi connectivity index (χ3v) is 6.50. The van der Waals surface area contributed by atoms with Gasteiger partial charge in [-0.05, 0) is 42.2 Å². The fraction of sp³-hybridized carbons (Fsp3) is 0.368. The fourth-order valence-corrected chi connectivity index (χ4v) is 4.75. The van der Waals surface area contributed by atoms with E-state index in [2.05, 4.69) is 0 Å². The van der Waals surface area contributed by atoms with Crippen LogP contribution in [0, 0.1) is 6.92 Å². The Kier molecular flexibility index (Phi) is 5.42. The number of aryl methyl sites for hydroxylation is 1. The van der Waals surface area contributed by atoms with Crippen molar-refractivity contribution in [3.05, 3.63) is 65.2 Å². The Morgan fingerprint density at radius 3 is 2.44 bits per heavy atom. The lowest BCUT2D eigenvalue weighted by Gasteiger charge is -2.35. The van der Waals surface area contributed by atoms with Crippen LogP contribution in [-0.4, -0.2) is 37.2 Å². The second-order valence-electron chi connectivity index (χ2n) is 6.31. The summed E-state index contributed by atoms with van der Waals surface area (Å²) in [7, 11) is -1.86. The van der Waals surface area contributed by atoms with Gasteiger partial charge in [-0.15, -0.1) is 0 Å². The highest BCUT2D eigenvalue weighted by Crippen LogP contribution is 2.23. The van der Waals surface area contributed by atoms with Gasteiger partial charge in [-0.25, -0.2) is 0 Å². The van der Waals surface area contributed by atoms with E-state index in [1.807, 2.05) is 55.5 Å². The lowest BCUT2D eigenvalue weighted by Crippen LogP contribution is -2.48. The summed E-state index contributed by atoms with van der Waals surface area (Å²) >= 11 is 0. The first-order valence-electron chi connectivity index (χ1n) is 8.43. The van der Waals surface area contributed by atoms with Crippen LogP contribution in [-0.2, 0) is 23.3 Å². The highest BCUT2D eigenvalue weighted by molar-refractivity contribution is 7.86. The highest BCUT2D eigenvalue weighted by atomic mass is 32.2. The maximum Gasteiger partial charge on any atom is 0.282 e. The summed E-state index contributed by atoms with van der Waals surface area (Å²) in [5.41, 5.74) is 3.09. The van der Waals surface area contributed by atoms with Gasteiger partial charge in [0.25, 0.3) is 10.2 Å². The zero-order valence-electron chi connectivity index (χ0n) is 14.7. The largest absolute Gasteiger partial charge is 0.497 e. The van der Waals surface area contributed by atoms with Crippen molar-refractivity contribution < 1.29 is 13.2 Å². The summed E-state index contributed by atoms with van der Waals surface area (Å²) in [5, 5.41) is 0. The van der Waals surface area contributed by atoms with Crippen molar-refractivity contribution >= 4 is 10.2 Å². The van der Waals surface area contributed by atoms with Crippen LogP contribution in [0.3, 0.4) is 0 Å². The summed E-state index contributed by atoms with van der Waals surface area (Å²) in [6, 6.07) is 15.5. The molecular weight excluding hydrogens is 336 g/mol. The van der Waals surface area contributed by atoms with Gasteiger partial charge in [0.15, 0.2) is 0 Å². The van der Waals surface area contributed by atoms with Gasteiger partial charge < -0.3 is 4.74 Å². The van der Waals surface area contributed by atoms with Crippen LogP contribution < -0.4 is 4.74 Å². The molecule has 3 rings (SSSR count). The number of hydrogen-bond acceptors (Lipinski definition) is 3. The number of benzene rings is 2. The summed E-state index contributed by atoms with van der Waals surface area (Å²) in [6.07, 6.45) is 0.828. The molecule has 0 atom stereocenters. The molecule has 25 heavy (non-hydrogen) atoms. The maximum atomic E-state index is 13.0. The lowest BCUT2D eigenvalue weighted by atomic mass is 10.1. The molecule has 1 fully saturated rings. The predicted molar refractivity (Wildman–Crippen MR) is 98.5 cm³/mol. The molecule has 134 valence electrons. The molecule has 1 heterocycles. The van der Waals surface area contributed by atoms with E-state index in [0.29, 0.717) is 26.2 Å². The lowest BCUT2D eigenvalue weighted by molar-refractivity contribution is 0.275. The Hall–Kier alpha value is -1.89. The minimum Gasteiger partial charge on any atom is -0.497 e. The summed E-state index contributed by atoms with van der Waals surface area (Å²) in [4.78, 5) is 0. The van der Waals surface area contributed by atoms with Crippen LogP contribution in [0.4, 0.5) is 0 Å². The number of nitrogens with zero attached hydrogens (tertiary/aromatic N) is 2. The topological polar surface area (TPSA) is 49.9 Å². The van der Waals surface area contributed by atoms with Crippen molar-refractivity contribution in [2.45, 2.75) is 26.4 Å². The van der Waals surface area contributed by atoms with Gasteiger partial charge in [-0.1, -0.05) is 36.4 Å². The van der Waals surface area contributed by atoms with Crippen LogP contribution in [0.2, 0.25) is 0 Å². The molecule has 1 aliphatic rings. The van der Waals surface area contributed by atoms with Crippen LogP contribution in [0.15, 0.2) is 48.5 Å². The molecule has 0 aromatic heterocycles. The average Bonchev–Trinajstić information content (AvgIpc) is 2.60. The normalized spacial score (nSPS) is 18.2. The van der Waals surface area contributed by atoms with Crippen molar-refractivity contribution in [1.82, 2.24) is 8.61 Å². The van der Waals surface area contributed by atoms with E-state index < -0.39 is 10.2 Å². The number of ether oxygens (including phenoxy) is 1. The Balaban J connectivity index is 1.78. The molecule has 6 heteroatoms. The predicted octanol–water partition coefficient (Wildman–Crippen LogP) is 2.96. The molecule has 0 aliphatic carbocycles. The minimum atomic E-state index is -3.47. The third kappa shape index (κ3) is 4.03. The van der Waals surface area contributed by atoms with Crippen LogP contribution in [0.25, 0.3) is 0 Å². The zero-order valence-corrected chi connectivity index (χ0v) is 15.5. The van der Waals surface area contributed by atoms with E-state index in [1.54, 1.807) is 15.7 Å². The summed E-state index contributed by atoms with van der Waals surface area (Å²) < 4.78 is 34.4. The molecule has 1 aliphatic heterocycles. The Morgan fingerprint density at radius 2 is 1.72 bits per heavy atom. The summed E-state index contributed by atoms with van der Waals surface area (Å²) in [6.45, 7) is 3.91. The Labute approximate surface area is 150 Å². The molecular formula is C19H24N2O3S. The Bertz CT molecular complexity index is 836. The molecule has 1 saturated heterocycles. The van der Waals surface area contributed by atoms with E-state index in [4.69, 9.17) is 4.74 Å². The van der Waals surface area contributed by atoms with Crippen molar-refractivity contribution in [1.29, 1.82) is 0 Å². The van der Waals surface area contributed by atoms with Gasteiger partial charge in [0.05, 0.1) is 7.11 Å². The number of methoxy groups -OCH3 is 1. The Morgan fingerprint density at radius 1 is 1.00 bits per heavy atom. The first-order valence-corrected chi connectivity index (χ1v) is 9.83. The smallest absolute Gasteiger partial charge is 0.282 e. The molecule has 0 bridgehead atoms. The first kappa shape index (κ1) is 17.9. The monoisotopic (exact) mass is 360 g/mol. The number of rotatable bonds is 5. The van der Waals surface area contributed by atoms with E-state index in [1.165, 1.54) is 0 Å². The molecule has 0 saturated carbocycles. The first-order chi connectivity index (χ1) is 12.0. The molecule has 0 radical (unpaired) electrons. The maximum absolute atomic E-state index is 13.0. The van der Waals surface area contributed by atoms with E-state index >= 15 is 0 Å². The van der Waals surface area contributed by atoms with Gasteiger partial charge in [0, 0.05) is 26.2 Å². The van der Waals surface area contributed by atoms with Gasteiger partial charge in [-0.2, -0.15) is 17.0 Å². The van der Waals surface area contributed by atoms with Crippen LogP contribution in [0.5, 0.6) is 5.75 Å². The molecule has 2 aromatic rings.